The highest BCUT2D eigenvalue weighted by Gasteiger charge is 2.21. The number of piperidine rings is 1. The highest BCUT2D eigenvalue weighted by Crippen LogP contribution is 2.26. The van der Waals surface area contributed by atoms with Crippen molar-refractivity contribution in [1.29, 1.82) is 0 Å². The van der Waals surface area contributed by atoms with E-state index in [2.05, 4.69) is 32.4 Å². The third-order valence-corrected chi connectivity index (χ3v) is 6.29. The van der Waals surface area contributed by atoms with Gasteiger partial charge in [0.05, 0.1) is 5.69 Å². The monoisotopic (exact) mass is 383 g/mol. The van der Waals surface area contributed by atoms with Gasteiger partial charge in [0, 0.05) is 47.6 Å². The molecule has 1 N–H and O–H groups in total. The summed E-state index contributed by atoms with van der Waals surface area (Å²) in [5.41, 5.74) is 3.09. The Morgan fingerprint density at radius 1 is 1.15 bits per heavy atom. The van der Waals surface area contributed by atoms with Crippen molar-refractivity contribution in [2.45, 2.75) is 25.4 Å². The summed E-state index contributed by atoms with van der Waals surface area (Å²) in [7, 11) is 0. The SMILES string of the molecule is O=C(NC1CCN(Cc2csc(-c3ccsc3)n2)CC1)c1ccccc1. The van der Waals surface area contributed by atoms with E-state index >= 15 is 0 Å². The second-order valence-corrected chi connectivity index (χ2v) is 8.18. The standard InChI is InChI=1S/C20H21N3OS2/c24-19(15-4-2-1-3-5-15)21-17-6-9-23(10-7-17)12-18-14-26-20(22-18)16-8-11-25-13-16/h1-5,8,11,13-14,17H,6-7,9-10,12H2,(H,21,24). The second-order valence-electron chi connectivity index (χ2n) is 6.55. The van der Waals surface area contributed by atoms with Crippen molar-refractivity contribution in [3.8, 4) is 10.6 Å². The van der Waals surface area contributed by atoms with Crippen LogP contribution >= 0.6 is 22.7 Å². The maximum atomic E-state index is 12.3. The van der Waals surface area contributed by atoms with Gasteiger partial charge in [0.25, 0.3) is 5.91 Å². The number of nitrogens with one attached hydrogen (secondary N) is 1. The fourth-order valence-corrected chi connectivity index (χ4v) is 4.74. The first-order valence-electron chi connectivity index (χ1n) is 8.83. The Bertz CT molecular complexity index is 837. The molecular weight excluding hydrogens is 362 g/mol. The van der Waals surface area contributed by atoms with Crippen LogP contribution in [0.2, 0.25) is 0 Å². The van der Waals surface area contributed by atoms with Gasteiger partial charge >= 0.3 is 0 Å². The molecule has 3 aromatic rings. The van der Waals surface area contributed by atoms with Crippen molar-refractivity contribution < 1.29 is 4.79 Å². The van der Waals surface area contributed by atoms with Gasteiger partial charge in [0.1, 0.15) is 5.01 Å². The van der Waals surface area contributed by atoms with Gasteiger partial charge in [-0.1, -0.05) is 18.2 Å². The Labute approximate surface area is 161 Å². The van der Waals surface area contributed by atoms with Crippen LogP contribution in [0.4, 0.5) is 0 Å². The summed E-state index contributed by atoms with van der Waals surface area (Å²) >= 11 is 3.42. The molecule has 1 aliphatic heterocycles. The molecule has 0 bridgehead atoms. The molecule has 134 valence electrons. The summed E-state index contributed by atoms with van der Waals surface area (Å²) in [5.74, 6) is 0.0314. The number of nitrogens with zero attached hydrogens (tertiary/aromatic N) is 2. The van der Waals surface area contributed by atoms with Crippen LogP contribution in [0.1, 0.15) is 28.9 Å². The maximum absolute atomic E-state index is 12.3. The van der Waals surface area contributed by atoms with Gasteiger partial charge in [-0.05, 0) is 36.4 Å². The number of benzene rings is 1. The highest BCUT2D eigenvalue weighted by molar-refractivity contribution is 7.14. The van der Waals surface area contributed by atoms with E-state index in [0.29, 0.717) is 0 Å². The minimum Gasteiger partial charge on any atom is -0.349 e. The van der Waals surface area contributed by atoms with Crippen molar-refractivity contribution in [3.05, 3.63) is 63.8 Å². The van der Waals surface area contributed by atoms with E-state index in [1.807, 2.05) is 30.3 Å². The first kappa shape index (κ1) is 17.4. The molecule has 1 aromatic carbocycles. The molecule has 6 heteroatoms. The fraction of sp³-hybridized carbons (Fsp3) is 0.300. The van der Waals surface area contributed by atoms with E-state index < -0.39 is 0 Å². The van der Waals surface area contributed by atoms with E-state index in [4.69, 9.17) is 4.98 Å². The number of likely N-dealkylation sites (tertiary alicyclic amines) is 1. The van der Waals surface area contributed by atoms with E-state index in [0.717, 1.165) is 48.7 Å². The summed E-state index contributed by atoms with van der Waals surface area (Å²) in [5, 5.41) is 10.7. The van der Waals surface area contributed by atoms with Gasteiger partial charge in [-0.25, -0.2) is 4.98 Å². The van der Waals surface area contributed by atoms with Gasteiger partial charge in [0.15, 0.2) is 0 Å². The molecule has 0 aliphatic carbocycles. The van der Waals surface area contributed by atoms with Crippen molar-refractivity contribution >= 4 is 28.6 Å². The molecule has 1 aliphatic rings. The summed E-state index contributed by atoms with van der Waals surface area (Å²) < 4.78 is 0. The van der Waals surface area contributed by atoms with Crippen LogP contribution in [0, 0.1) is 0 Å². The lowest BCUT2D eigenvalue weighted by Crippen LogP contribution is -2.44. The van der Waals surface area contributed by atoms with E-state index in [1.165, 1.54) is 5.56 Å². The summed E-state index contributed by atoms with van der Waals surface area (Å²) in [6.07, 6.45) is 1.97. The zero-order valence-corrected chi connectivity index (χ0v) is 16.1. The minimum atomic E-state index is 0.0314. The average Bonchev–Trinajstić information content (AvgIpc) is 3.36. The Balaban J connectivity index is 1.27. The molecule has 0 radical (unpaired) electrons. The molecule has 0 atom stereocenters. The third-order valence-electron chi connectivity index (χ3n) is 4.66. The Morgan fingerprint density at radius 3 is 2.69 bits per heavy atom. The molecule has 0 saturated carbocycles. The lowest BCUT2D eigenvalue weighted by Gasteiger charge is -2.31. The first-order valence-corrected chi connectivity index (χ1v) is 10.7. The quantitative estimate of drug-likeness (QED) is 0.716. The highest BCUT2D eigenvalue weighted by atomic mass is 32.1. The van der Waals surface area contributed by atoms with Crippen LogP contribution in [-0.4, -0.2) is 34.9 Å². The van der Waals surface area contributed by atoms with Crippen LogP contribution in [0.5, 0.6) is 0 Å². The Morgan fingerprint density at radius 2 is 1.96 bits per heavy atom. The van der Waals surface area contributed by atoms with Crippen LogP contribution in [0.3, 0.4) is 0 Å². The topological polar surface area (TPSA) is 45.2 Å². The number of carbonyl (C=O) groups is 1. The van der Waals surface area contributed by atoms with Crippen LogP contribution < -0.4 is 5.32 Å². The molecule has 2 aromatic heterocycles. The first-order chi connectivity index (χ1) is 12.8. The molecule has 26 heavy (non-hydrogen) atoms. The molecule has 1 fully saturated rings. The van der Waals surface area contributed by atoms with Crippen molar-refractivity contribution in [2.24, 2.45) is 0 Å². The number of carbonyl (C=O) groups excluding carboxylic acids is 1. The van der Waals surface area contributed by atoms with Crippen LogP contribution in [0.15, 0.2) is 52.5 Å². The summed E-state index contributed by atoms with van der Waals surface area (Å²) in [6, 6.07) is 11.8. The predicted octanol–water partition coefficient (Wildman–Crippen LogP) is 4.27. The zero-order valence-electron chi connectivity index (χ0n) is 14.4. The number of hydrogen-bond donors (Lipinski definition) is 1. The number of rotatable bonds is 5. The Kier molecular flexibility index (Phi) is 5.43. The van der Waals surface area contributed by atoms with Crippen molar-refractivity contribution in [3.63, 3.8) is 0 Å². The number of aromatic nitrogens is 1. The Hall–Kier alpha value is -2.02. The molecule has 3 heterocycles. The van der Waals surface area contributed by atoms with Gasteiger partial charge in [-0.3, -0.25) is 9.69 Å². The van der Waals surface area contributed by atoms with E-state index in [-0.39, 0.29) is 11.9 Å². The van der Waals surface area contributed by atoms with Crippen molar-refractivity contribution in [2.75, 3.05) is 13.1 Å². The number of thiophene rings is 1. The van der Waals surface area contributed by atoms with Crippen LogP contribution in [-0.2, 0) is 6.54 Å². The largest absolute Gasteiger partial charge is 0.349 e. The smallest absolute Gasteiger partial charge is 0.251 e. The number of hydrogen-bond acceptors (Lipinski definition) is 5. The molecular formula is C20H21N3OS2. The van der Waals surface area contributed by atoms with Gasteiger partial charge in [-0.15, -0.1) is 11.3 Å². The fourth-order valence-electron chi connectivity index (χ4n) is 3.22. The van der Waals surface area contributed by atoms with Gasteiger partial charge in [0.2, 0.25) is 0 Å². The lowest BCUT2D eigenvalue weighted by atomic mass is 10.0. The summed E-state index contributed by atoms with van der Waals surface area (Å²) in [6.45, 7) is 2.87. The third kappa shape index (κ3) is 4.20. The normalized spacial score (nSPS) is 15.8. The van der Waals surface area contributed by atoms with E-state index in [9.17, 15) is 4.79 Å². The molecule has 4 nitrogen and oxygen atoms in total. The minimum absolute atomic E-state index is 0.0314. The number of amides is 1. The summed E-state index contributed by atoms with van der Waals surface area (Å²) in [4.78, 5) is 19.5. The second kappa shape index (κ2) is 8.12. The molecule has 1 saturated heterocycles. The van der Waals surface area contributed by atoms with Gasteiger partial charge in [-0.2, -0.15) is 11.3 Å². The lowest BCUT2D eigenvalue weighted by molar-refractivity contribution is 0.0908. The molecule has 1 amide bonds. The van der Waals surface area contributed by atoms with Crippen molar-refractivity contribution in [1.82, 2.24) is 15.2 Å². The average molecular weight is 384 g/mol. The molecule has 0 spiro atoms. The predicted molar refractivity (Wildman–Crippen MR) is 108 cm³/mol. The zero-order chi connectivity index (χ0) is 17.8. The molecule has 0 unspecified atom stereocenters. The molecule has 4 rings (SSSR count). The maximum Gasteiger partial charge on any atom is 0.251 e. The number of thiazole rings is 1. The van der Waals surface area contributed by atoms with Gasteiger partial charge < -0.3 is 5.32 Å². The van der Waals surface area contributed by atoms with E-state index in [1.54, 1.807) is 22.7 Å². The van der Waals surface area contributed by atoms with Crippen LogP contribution in [0.25, 0.3) is 10.6 Å².